The van der Waals surface area contributed by atoms with Gasteiger partial charge in [-0.3, -0.25) is 0 Å². The zero-order valence-corrected chi connectivity index (χ0v) is 17.5. The Kier molecular flexibility index (Phi) is 8.12. The maximum absolute atomic E-state index is 10.2. The van der Waals surface area contributed by atoms with Crippen LogP contribution in [0.1, 0.15) is 5.56 Å². The van der Waals surface area contributed by atoms with Crippen molar-refractivity contribution in [2.24, 2.45) is 0 Å². The molecular formula is C25H29NO4. The molecule has 0 unspecified atom stereocenters. The zero-order valence-electron chi connectivity index (χ0n) is 17.5. The highest BCUT2D eigenvalue weighted by Crippen LogP contribution is 2.27. The van der Waals surface area contributed by atoms with Crippen molar-refractivity contribution >= 4 is 0 Å². The number of hydrogen-bond acceptors (Lipinski definition) is 5. The average molecular weight is 408 g/mol. The van der Waals surface area contributed by atoms with Gasteiger partial charge in [-0.25, -0.2) is 0 Å². The van der Waals surface area contributed by atoms with Gasteiger partial charge in [0.05, 0.1) is 14.2 Å². The summed E-state index contributed by atoms with van der Waals surface area (Å²) in [5, 5.41) is 13.4. The minimum atomic E-state index is -0.579. The van der Waals surface area contributed by atoms with Crippen LogP contribution in [-0.2, 0) is 6.42 Å². The number of methoxy groups -OCH3 is 2. The summed E-state index contributed by atoms with van der Waals surface area (Å²) in [6.45, 7) is 1.46. The molecule has 0 aromatic heterocycles. The summed E-state index contributed by atoms with van der Waals surface area (Å²) >= 11 is 0. The first kappa shape index (κ1) is 21.7. The summed E-state index contributed by atoms with van der Waals surface area (Å²) in [6, 6.07) is 24.0. The maximum atomic E-state index is 10.2. The molecule has 0 amide bonds. The Morgan fingerprint density at radius 2 is 1.53 bits per heavy atom. The summed E-state index contributed by atoms with van der Waals surface area (Å²) in [6.07, 6.45) is 0.249. The normalized spacial score (nSPS) is 11.7. The second-order valence-corrected chi connectivity index (χ2v) is 7.00. The van der Waals surface area contributed by atoms with Crippen molar-refractivity contribution in [3.05, 3.63) is 78.4 Å². The molecule has 0 bridgehead atoms. The molecule has 3 rings (SSSR count). The van der Waals surface area contributed by atoms with E-state index in [1.807, 2.05) is 60.7 Å². The van der Waals surface area contributed by atoms with E-state index in [0.29, 0.717) is 6.54 Å². The van der Waals surface area contributed by atoms with Crippen LogP contribution in [0.4, 0.5) is 0 Å². The number of hydrogen-bond donors (Lipinski definition) is 2. The van der Waals surface area contributed by atoms with Gasteiger partial charge in [-0.1, -0.05) is 48.5 Å². The first-order valence-corrected chi connectivity index (χ1v) is 10.1. The molecule has 0 spiro atoms. The second-order valence-electron chi connectivity index (χ2n) is 7.00. The van der Waals surface area contributed by atoms with Crippen molar-refractivity contribution < 1.29 is 19.3 Å². The van der Waals surface area contributed by atoms with Crippen LogP contribution in [0.5, 0.6) is 17.2 Å². The first-order chi connectivity index (χ1) is 14.7. The molecule has 0 aliphatic heterocycles. The molecule has 3 aromatic rings. The van der Waals surface area contributed by atoms with E-state index in [4.69, 9.17) is 14.2 Å². The third-order valence-corrected chi connectivity index (χ3v) is 4.82. The Labute approximate surface area is 178 Å². The lowest BCUT2D eigenvalue weighted by Gasteiger charge is -2.14. The third kappa shape index (κ3) is 6.24. The van der Waals surface area contributed by atoms with Gasteiger partial charge in [0.1, 0.15) is 18.5 Å². The first-order valence-electron chi connectivity index (χ1n) is 10.1. The van der Waals surface area contributed by atoms with Crippen LogP contribution in [0, 0.1) is 0 Å². The summed E-state index contributed by atoms with van der Waals surface area (Å²) in [5.74, 6) is 2.19. The zero-order chi connectivity index (χ0) is 21.2. The lowest BCUT2D eigenvalue weighted by Crippen LogP contribution is -2.32. The molecule has 3 aromatic carbocycles. The molecule has 2 N–H and O–H groups in total. The Balaban J connectivity index is 1.37. The molecule has 5 nitrogen and oxygen atoms in total. The fourth-order valence-electron chi connectivity index (χ4n) is 3.16. The van der Waals surface area contributed by atoms with Gasteiger partial charge in [0.2, 0.25) is 0 Å². The third-order valence-electron chi connectivity index (χ3n) is 4.82. The molecule has 0 saturated carbocycles. The Morgan fingerprint density at radius 3 is 2.23 bits per heavy atom. The van der Waals surface area contributed by atoms with E-state index in [2.05, 4.69) is 17.4 Å². The number of benzene rings is 3. The van der Waals surface area contributed by atoms with Crippen molar-refractivity contribution in [3.8, 4) is 28.4 Å². The smallest absolute Gasteiger partial charge is 0.160 e. The van der Waals surface area contributed by atoms with Gasteiger partial charge in [0, 0.05) is 6.54 Å². The van der Waals surface area contributed by atoms with E-state index in [1.165, 1.54) is 5.56 Å². The second kappa shape index (κ2) is 11.2. The molecular weight excluding hydrogens is 378 g/mol. The van der Waals surface area contributed by atoms with Gasteiger partial charge >= 0.3 is 0 Å². The van der Waals surface area contributed by atoms with Crippen molar-refractivity contribution in [3.63, 3.8) is 0 Å². The predicted octanol–water partition coefficient (Wildman–Crippen LogP) is 3.94. The van der Waals surface area contributed by atoms with Crippen LogP contribution in [0.25, 0.3) is 11.1 Å². The molecule has 0 radical (unpaired) electrons. The van der Waals surface area contributed by atoms with Gasteiger partial charge < -0.3 is 24.6 Å². The van der Waals surface area contributed by atoms with Crippen molar-refractivity contribution in [2.75, 3.05) is 33.9 Å². The Hall–Kier alpha value is -3.02. The SMILES string of the molecule is COc1ccc(CCNC[C@H](O)COc2ccc(-c3ccccc3)cc2)cc1OC. The highest BCUT2D eigenvalue weighted by molar-refractivity contribution is 5.63. The highest BCUT2D eigenvalue weighted by Gasteiger charge is 2.07. The number of ether oxygens (including phenoxy) is 3. The number of aliphatic hydroxyl groups excluding tert-OH is 1. The fraction of sp³-hybridized carbons (Fsp3) is 0.280. The number of nitrogens with one attached hydrogen (secondary N) is 1. The molecule has 1 atom stereocenters. The van der Waals surface area contributed by atoms with E-state index >= 15 is 0 Å². The lowest BCUT2D eigenvalue weighted by atomic mass is 10.1. The minimum absolute atomic E-state index is 0.244. The van der Waals surface area contributed by atoms with Crippen molar-refractivity contribution in [2.45, 2.75) is 12.5 Å². The summed E-state index contributed by atoms with van der Waals surface area (Å²) in [7, 11) is 3.26. The Bertz CT molecular complexity index is 897. The van der Waals surface area contributed by atoms with Crippen LogP contribution in [-0.4, -0.2) is 45.1 Å². The molecule has 0 aliphatic carbocycles. The minimum Gasteiger partial charge on any atom is -0.493 e. The van der Waals surface area contributed by atoms with Crippen LogP contribution < -0.4 is 19.5 Å². The molecule has 30 heavy (non-hydrogen) atoms. The van der Waals surface area contributed by atoms with Crippen molar-refractivity contribution in [1.82, 2.24) is 5.32 Å². The van der Waals surface area contributed by atoms with Gasteiger partial charge in [-0.2, -0.15) is 0 Å². The van der Waals surface area contributed by atoms with Gasteiger partial charge in [-0.05, 0) is 53.9 Å². The van der Waals surface area contributed by atoms with Gasteiger partial charge in [0.15, 0.2) is 11.5 Å². The molecule has 0 fully saturated rings. The quantitative estimate of drug-likeness (QED) is 0.472. The van der Waals surface area contributed by atoms with E-state index in [-0.39, 0.29) is 6.61 Å². The standard InChI is InChI=1S/C25H29NO4/c1-28-24-13-8-19(16-25(24)29-2)14-15-26-17-22(27)18-30-23-11-9-21(10-12-23)20-6-4-3-5-7-20/h3-13,16,22,26-27H,14-15,17-18H2,1-2H3/t22-/m0/s1. The summed E-state index contributed by atoms with van der Waals surface area (Å²) in [5.41, 5.74) is 3.45. The summed E-state index contributed by atoms with van der Waals surface area (Å²) in [4.78, 5) is 0. The van der Waals surface area contributed by atoms with Crippen LogP contribution in [0.3, 0.4) is 0 Å². The number of aliphatic hydroxyl groups is 1. The van der Waals surface area contributed by atoms with Crippen LogP contribution in [0.15, 0.2) is 72.8 Å². The largest absolute Gasteiger partial charge is 0.493 e. The number of rotatable bonds is 11. The van der Waals surface area contributed by atoms with E-state index < -0.39 is 6.10 Å². The molecule has 5 heteroatoms. The monoisotopic (exact) mass is 407 g/mol. The van der Waals surface area contributed by atoms with Crippen LogP contribution >= 0.6 is 0 Å². The molecule has 0 saturated heterocycles. The molecule has 0 heterocycles. The van der Waals surface area contributed by atoms with E-state index in [0.717, 1.165) is 41.3 Å². The van der Waals surface area contributed by atoms with Gasteiger partial charge in [-0.15, -0.1) is 0 Å². The van der Waals surface area contributed by atoms with Crippen LogP contribution in [0.2, 0.25) is 0 Å². The fourth-order valence-corrected chi connectivity index (χ4v) is 3.16. The van der Waals surface area contributed by atoms with E-state index in [1.54, 1.807) is 14.2 Å². The predicted molar refractivity (Wildman–Crippen MR) is 119 cm³/mol. The van der Waals surface area contributed by atoms with Crippen molar-refractivity contribution in [1.29, 1.82) is 0 Å². The topological polar surface area (TPSA) is 60.0 Å². The molecule has 0 aliphatic rings. The lowest BCUT2D eigenvalue weighted by molar-refractivity contribution is 0.106. The highest BCUT2D eigenvalue weighted by atomic mass is 16.5. The molecule has 158 valence electrons. The van der Waals surface area contributed by atoms with Gasteiger partial charge in [0.25, 0.3) is 0 Å². The Morgan fingerprint density at radius 1 is 0.833 bits per heavy atom. The summed E-state index contributed by atoms with van der Waals surface area (Å²) < 4.78 is 16.3. The average Bonchev–Trinajstić information content (AvgIpc) is 2.81. The van der Waals surface area contributed by atoms with E-state index in [9.17, 15) is 5.11 Å². The maximum Gasteiger partial charge on any atom is 0.160 e.